The molecule has 4 nitrogen and oxygen atoms in total. The Morgan fingerprint density at radius 3 is 2.43 bits per heavy atom. The normalized spacial score (nSPS) is 11.0. The molecule has 3 aromatic carbocycles. The van der Waals surface area contributed by atoms with Crippen LogP contribution in [0.1, 0.15) is 0 Å². The lowest BCUT2D eigenvalue weighted by Crippen LogP contribution is -1.87. The fourth-order valence-corrected chi connectivity index (χ4v) is 4.09. The minimum Gasteiger partial charge on any atom is -0.496 e. The first-order chi connectivity index (χ1) is 14.7. The zero-order valence-corrected chi connectivity index (χ0v) is 17.8. The number of pyridine rings is 1. The van der Waals surface area contributed by atoms with E-state index in [0.717, 1.165) is 55.0 Å². The summed E-state index contributed by atoms with van der Waals surface area (Å²) < 4.78 is 6.24. The van der Waals surface area contributed by atoms with Crippen molar-refractivity contribution in [2.75, 3.05) is 7.11 Å². The van der Waals surface area contributed by atoms with Gasteiger partial charge < -0.3 is 9.72 Å². The summed E-state index contributed by atoms with van der Waals surface area (Å²) in [6.07, 6.45) is 1.89. The summed E-state index contributed by atoms with van der Waals surface area (Å²) in [5.41, 5.74) is 5.84. The maximum atomic E-state index is 5.36. The Balaban J connectivity index is 1.69. The Hall–Kier alpha value is -3.44. The molecular weight excluding hydrogens is 438 g/mol. The number of imidazole rings is 1. The number of H-pyrrole nitrogens is 1. The van der Waals surface area contributed by atoms with Crippen molar-refractivity contribution in [1.29, 1.82) is 0 Å². The fraction of sp³-hybridized carbons (Fsp3) is 0.0400. The molecule has 146 valence electrons. The number of nitrogens with one attached hydrogen (secondary N) is 1. The number of fused-ring (bicyclic) bond motifs is 1. The van der Waals surface area contributed by atoms with Crippen LogP contribution in [0.2, 0.25) is 0 Å². The zero-order chi connectivity index (χ0) is 20.5. The summed E-state index contributed by atoms with van der Waals surface area (Å²) in [5, 5.41) is 1.09. The van der Waals surface area contributed by atoms with Crippen molar-refractivity contribution in [3.8, 4) is 39.7 Å². The second-order valence-electron chi connectivity index (χ2n) is 6.94. The van der Waals surface area contributed by atoms with Gasteiger partial charge >= 0.3 is 0 Å². The van der Waals surface area contributed by atoms with E-state index in [4.69, 9.17) is 9.72 Å². The highest BCUT2D eigenvalue weighted by atomic mass is 79.9. The van der Waals surface area contributed by atoms with E-state index in [9.17, 15) is 0 Å². The van der Waals surface area contributed by atoms with Gasteiger partial charge in [-0.15, -0.1) is 0 Å². The molecule has 0 fully saturated rings. The number of nitrogens with zero attached hydrogens (tertiary/aromatic N) is 2. The smallest absolute Gasteiger partial charge is 0.138 e. The third kappa shape index (κ3) is 3.37. The molecule has 2 heterocycles. The van der Waals surface area contributed by atoms with Crippen LogP contribution in [0.25, 0.3) is 44.8 Å². The van der Waals surface area contributed by atoms with Crippen LogP contribution in [0.3, 0.4) is 0 Å². The van der Waals surface area contributed by atoms with Crippen molar-refractivity contribution in [3.05, 3.63) is 89.5 Å². The monoisotopic (exact) mass is 455 g/mol. The number of aromatic nitrogens is 3. The van der Waals surface area contributed by atoms with E-state index in [0.29, 0.717) is 0 Å². The standard InChI is InChI=1S/C25H18BrN3O/c1-30-22-12-11-18(14-20(22)26)25-28-23(16-7-3-2-4-8-16)24(29-25)19-13-17-9-5-6-10-21(17)27-15-19/h2-15H,1H3,(H,28,29). The van der Waals surface area contributed by atoms with E-state index in [2.05, 4.69) is 50.2 Å². The van der Waals surface area contributed by atoms with E-state index in [1.807, 2.05) is 60.8 Å². The van der Waals surface area contributed by atoms with Crippen LogP contribution in [0.4, 0.5) is 0 Å². The van der Waals surface area contributed by atoms with Crippen LogP contribution in [-0.2, 0) is 0 Å². The second-order valence-corrected chi connectivity index (χ2v) is 7.80. The molecule has 2 aromatic heterocycles. The fourth-order valence-electron chi connectivity index (χ4n) is 3.55. The number of halogens is 1. The van der Waals surface area contributed by atoms with Gasteiger partial charge in [-0.1, -0.05) is 48.5 Å². The molecule has 5 rings (SSSR count). The van der Waals surface area contributed by atoms with E-state index < -0.39 is 0 Å². The number of para-hydroxylation sites is 1. The van der Waals surface area contributed by atoms with Crippen LogP contribution in [0.5, 0.6) is 5.75 Å². The van der Waals surface area contributed by atoms with Gasteiger partial charge in [-0.05, 0) is 46.3 Å². The number of hydrogen-bond acceptors (Lipinski definition) is 3. The van der Waals surface area contributed by atoms with Crippen molar-refractivity contribution < 1.29 is 4.74 Å². The minimum absolute atomic E-state index is 0.785. The van der Waals surface area contributed by atoms with Crippen molar-refractivity contribution in [2.24, 2.45) is 0 Å². The van der Waals surface area contributed by atoms with Gasteiger partial charge in [0.25, 0.3) is 0 Å². The first-order valence-corrected chi connectivity index (χ1v) is 10.4. The molecule has 0 aliphatic carbocycles. The lowest BCUT2D eigenvalue weighted by atomic mass is 10.0. The lowest BCUT2D eigenvalue weighted by Gasteiger charge is -2.04. The molecule has 0 aliphatic rings. The summed E-state index contributed by atoms with van der Waals surface area (Å²) in [6, 6.07) is 26.4. The van der Waals surface area contributed by atoms with Crippen LogP contribution in [0, 0.1) is 0 Å². The molecule has 0 unspecified atom stereocenters. The van der Waals surface area contributed by atoms with Crippen molar-refractivity contribution in [2.45, 2.75) is 0 Å². The Labute approximate surface area is 182 Å². The predicted octanol–water partition coefficient (Wildman–Crippen LogP) is 6.73. The number of rotatable bonds is 4. The molecule has 0 amide bonds. The van der Waals surface area contributed by atoms with Gasteiger partial charge in [-0.2, -0.15) is 0 Å². The number of hydrogen-bond donors (Lipinski definition) is 1. The summed E-state index contributed by atoms with van der Waals surface area (Å²) in [7, 11) is 1.66. The molecule has 0 aliphatic heterocycles. The van der Waals surface area contributed by atoms with Gasteiger partial charge in [0, 0.05) is 28.3 Å². The van der Waals surface area contributed by atoms with E-state index >= 15 is 0 Å². The van der Waals surface area contributed by atoms with Crippen LogP contribution in [-0.4, -0.2) is 22.1 Å². The summed E-state index contributed by atoms with van der Waals surface area (Å²) in [6.45, 7) is 0. The van der Waals surface area contributed by atoms with E-state index in [1.54, 1.807) is 7.11 Å². The highest BCUT2D eigenvalue weighted by molar-refractivity contribution is 9.10. The lowest BCUT2D eigenvalue weighted by molar-refractivity contribution is 0.412. The molecule has 5 aromatic rings. The van der Waals surface area contributed by atoms with E-state index in [-0.39, 0.29) is 0 Å². The van der Waals surface area contributed by atoms with Crippen molar-refractivity contribution >= 4 is 26.8 Å². The highest BCUT2D eigenvalue weighted by Gasteiger charge is 2.16. The molecule has 5 heteroatoms. The largest absolute Gasteiger partial charge is 0.496 e. The maximum absolute atomic E-state index is 5.36. The summed E-state index contributed by atoms with van der Waals surface area (Å²) in [5.74, 6) is 1.58. The number of aromatic amines is 1. The van der Waals surface area contributed by atoms with Crippen molar-refractivity contribution in [1.82, 2.24) is 15.0 Å². The highest BCUT2D eigenvalue weighted by Crippen LogP contribution is 2.35. The summed E-state index contributed by atoms with van der Waals surface area (Å²) in [4.78, 5) is 13.1. The number of methoxy groups -OCH3 is 1. The molecule has 0 radical (unpaired) electrons. The molecule has 0 spiro atoms. The predicted molar refractivity (Wildman–Crippen MR) is 124 cm³/mol. The molecule has 30 heavy (non-hydrogen) atoms. The quantitative estimate of drug-likeness (QED) is 0.326. The molecule has 1 N–H and O–H groups in total. The van der Waals surface area contributed by atoms with Crippen LogP contribution >= 0.6 is 15.9 Å². The molecule has 0 saturated carbocycles. The second kappa shape index (κ2) is 7.76. The van der Waals surface area contributed by atoms with Crippen LogP contribution < -0.4 is 4.74 Å². The third-order valence-electron chi connectivity index (χ3n) is 5.06. The Kier molecular flexibility index (Phi) is 4.81. The van der Waals surface area contributed by atoms with Gasteiger partial charge in [0.05, 0.1) is 28.5 Å². The molecular formula is C25H18BrN3O. The van der Waals surface area contributed by atoms with Gasteiger partial charge in [0.15, 0.2) is 0 Å². The minimum atomic E-state index is 0.785. The third-order valence-corrected chi connectivity index (χ3v) is 5.68. The zero-order valence-electron chi connectivity index (χ0n) is 16.3. The maximum Gasteiger partial charge on any atom is 0.138 e. The van der Waals surface area contributed by atoms with Crippen LogP contribution in [0.15, 0.2) is 89.5 Å². The van der Waals surface area contributed by atoms with Gasteiger partial charge in [0.1, 0.15) is 11.6 Å². The topological polar surface area (TPSA) is 50.8 Å². The molecule has 0 saturated heterocycles. The van der Waals surface area contributed by atoms with Gasteiger partial charge in [-0.25, -0.2) is 4.98 Å². The average molecular weight is 456 g/mol. The molecule has 0 atom stereocenters. The SMILES string of the molecule is COc1ccc(-c2nc(-c3cnc4ccccc4c3)c(-c3ccccc3)[nH]2)cc1Br. The number of ether oxygens (including phenoxy) is 1. The summed E-state index contributed by atoms with van der Waals surface area (Å²) >= 11 is 3.57. The van der Waals surface area contributed by atoms with Gasteiger partial charge in [0.2, 0.25) is 0 Å². The Morgan fingerprint density at radius 2 is 1.63 bits per heavy atom. The Morgan fingerprint density at radius 1 is 0.833 bits per heavy atom. The first kappa shape index (κ1) is 18.6. The first-order valence-electron chi connectivity index (χ1n) is 9.57. The molecule has 0 bridgehead atoms. The van der Waals surface area contributed by atoms with Gasteiger partial charge in [-0.3, -0.25) is 4.98 Å². The van der Waals surface area contributed by atoms with Crippen molar-refractivity contribution in [3.63, 3.8) is 0 Å². The van der Waals surface area contributed by atoms with E-state index in [1.165, 1.54) is 0 Å². The average Bonchev–Trinajstić information content (AvgIpc) is 3.25. The Bertz CT molecular complexity index is 1350. The number of benzene rings is 3.